The summed E-state index contributed by atoms with van der Waals surface area (Å²) in [7, 11) is 0. The Hall–Kier alpha value is -2.98. The Bertz CT molecular complexity index is 665. The van der Waals surface area contributed by atoms with Gasteiger partial charge in [0, 0.05) is 6.42 Å². The van der Waals surface area contributed by atoms with Gasteiger partial charge in [0.25, 0.3) is 0 Å². The molecule has 7 N–H and O–H groups in total. The maximum absolute atomic E-state index is 12.4. The van der Waals surface area contributed by atoms with E-state index in [0.717, 1.165) is 5.56 Å². The van der Waals surface area contributed by atoms with Gasteiger partial charge in [-0.25, -0.2) is 4.79 Å². The van der Waals surface area contributed by atoms with Crippen LogP contribution in [0.25, 0.3) is 0 Å². The highest BCUT2D eigenvalue weighted by Gasteiger charge is 2.24. The summed E-state index contributed by atoms with van der Waals surface area (Å²) in [6.07, 6.45) is 0.182. The number of carboxylic acid groups (broad SMARTS) is 1. The van der Waals surface area contributed by atoms with Crippen LogP contribution in [-0.2, 0) is 25.6 Å². The second-order valence-corrected chi connectivity index (χ2v) is 5.90. The number of carboxylic acids is 1. The molecule has 3 amide bonds. The number of aliphatic hydroxyl groups is 1. The molecule has 27 heavy (non-hydrogen) atoms. The topological polar surface area (TPSA) is 171 Å². The first-order valence-corrected chi connectivity index (χ1v) is 8.25. The predicted octanol–water partition coefficient (Wildman–Crippen LogP) is -2.26. The number of hydrogen-bond acceptors (Lipinski definition) is 6. The van der Waals surface area contributed by atoms with Gasteiger partial charge in [0.2, 0.25) is 17.7 Å². The Morgan fingerprint density at radius 2 is 1.67 bits per heavy atom. The molecule has 0 spiro atoms. The molecule has 0 saturated carbocycles. The minimum Gasteiger partial charge on any atom is -0.480 e. The molecule has 10 heteroatoms. The monoisotopic (exact) mass is 380 g/mol. The fourth-order valence-corrected chi connectivity index (χ4v) is 2.08. The van der Waals surface area contributed by atoms with Crippen LogP contribution >= 0.6 is 0 Å². The second-order valence-electron chi connectivity index (χ2n) is 5.90. The van der Waals surface area contributed by atoms with Crippen LogP contribution in [0.5, 0.6) is 0 Å². The fraction of sp³-hybridized carbons (Fsp3) is 0.412. The van der Waals surface area contributed by atoms with E-state index in [0.29, 0.717) is 0 Å². The van der Waals surface area contributed by atoms with Gasteiger partial charge in [0.15, 0.2) is 0 Å². The van der Waals surface area contributed by atoms with Crippen LogP contribution in [0.2, 0.25) is 0 Å². The highest BCUT2D eigenvalue weighted by Crippen LogP contribution is 2.04. The first-order valence-electron chi connectivity index (χ1n) is 8.25. The minimum atomic E-state index is -1.47. The van der Waals surface area contributed by atoms with Crippen molar-refractivity contribution in [2.75, 3.05) is 13.2 Å². The van der Waals surface area contributed by atoms with Crippen LogP contribution in [0.4, 0.5) is 0 Å². The zero-order valence-electron chi connectivity index (χ0n) is 14.8. The summed E-state index contributed by atoms with van der Waals surface area (Å²) in [4.78, 5) is 46.7. The number of carbonyl (C=O) groups excluding carboxylic acids is 3. The van der Waals surface area contributed by atoms with E-state index in [2.05, 4.69) is 16.0 Å². The first kappa shape index (κ1) is 22.1. The van der Waals surface area contributed by atoms with Gasteiger partial charge < -0.3 is 31.9 Å². The molecule has 1 aromatic carbocycles. The third-order valence-electron chi connectivity index (χ3n) is 3.57. The summed E-state index contributed by atoms with van der Waals surface area (Å²) in [6.45, 7) is 0.180. The van der Waals surface area contributed by atoms with Crippen molar-refractivity contribution in [3.63, 3.8) is 0 Å². The maximum Gasteiger partial charge on any atom is 0.328 e. The summed E-state index contributed by atoms with van der Waals surface area (Å²) < 4.78 is 0. The molecule has 3 atom stereocenters. The summed E-state index contributed by atoms with van der Waals surface area (Å²) in [5.74, 6) is -3.34. The van der Waals surface area contributed by atoms with Crippen LogP contribution in [0, 0.1) is 0 Å². The van der Waals surface area contributed by atoms with Gasteiger partial charge in [-0.1, -0.05) is 30.3 Å². The number of rotatable bonds is 10. The lowest BCUT2D eigenvalue weighted by atomic mass is 10.0. The van der Waals surface area contributed by atoms with Gasteiger partial charge in [-0.2, -0.15) is 0 Å². The van der Waals surface area contributed by atoms with E-state index in [4.69, 9.17) is 15.9 Å². The standard InChI is InChI=1S/C17H24N4O6/c1-10(18)15(24)21-12(7-11-5-3-2-4-6-11)16(25)19-8-14(23)20-13(9-22)17(26)27/h2-6,10,12-13,22H,7-9,18H2,1H3,(H,19,25)(H,20,23)(H,21,24)(H,26,27). The molecule has 0 aliphatic heterocycles. The van der Waals surface area contributed by atoms with Gasteiger partial charge in [-0.05, 0) is 12.5 Å². The highest BCUT2D eigenvalue weighted by molar-refractivity contribution is 5.92. The molecule has 148 valence electrons. The lowest BCUT2D eigenvalue weighted by Gasteiger charge is -2.20. The summed E-state index contributed by atoms with van der Waals surface area (Å²) >= 11 is 0. The number of hydrogen-bond donors (Lipinski definition) is 6. The van der Waals surface area contributed by atoms with Crippen LogP contribution < -0.4 is 21.7 Å². The number of amides is 3. The number of aliphatic carboxylic acids is 1. The van der Waals surface area contributed by atoms with E-state index in [1.807, 2.05) is 6.07 Å². The molecule has 0 aromatic heterocycles. The average Bonchev–Trinajstić information content (AvgIpc) is 2.63. The normalized spacial score (nSPS) is 13.7. The Morgan fingerprint density at radius 3 is 2.19 bits per heavy atom. The molecule has 0 fully saturated rings. The van der Waals surface area contributed by atoms with E-state index in [1.165, 1.54) is 6.92 Å². The van der Waals surface area contributed by atoms with Gasteiger partial charge >= 0.3 is 5.97 Å². The molecule has 0 radical (unpaired) electrons. The van der Waals surface area contributed by atoms with Crippen molar-refractivity contribution in [3.8, 4) is 0 Å². The third kappa shape index (κ3) is 7.84. The van der Waals surface area contributed by atoms with Crippen molar-refractivity contribution in [2.45, 2.75) is 31.5 Å². The minimum absolute atomic E-state index is 0.182. The van der Waals surface area contributed by atoms with Crippen molar-refractivity contribution in [1.29, 1.82) is 0 Å². The molecule has 3 unspecified atom stereocenters. The van der Waals surface area contributed by atoms with Gasteiger partial charge in [0.1, 0.15) is 12.1 Å². The summed E-state index contributed by atoms with van der Waals surface area (Å²) in [6, 6.07) is 5.69. The molecular formula is C17H24N4O6. The smallest absolute Gasteiger partial charge is 0.328 e. The Kier molecular flexibility index (Phi) is 8.90. The molecule has 1 aromatic rings. The number of carbonyl (C=O) groups is 4. The van der Waals surface area contributed by atoms with E-state index < -0.39 is 55.0 Å². The molecule has 0 aliphatic rings. The Labute approximate surface area is 156 Å². The Balaban J connectivity index is 2.70. The van der Waals surface area contributed by atoms with Gasteiger partial charge in [-0.3, -0.25) is 14.4 Å². The quantitative estimate of drug-likeness (QED) is 0.266. The number of aliphatic hydroxyl groups excluding tert-OH is 1. The fourth-order valence-electron chi connectivity index (χ4n) is 2.08. The van der Waals surface area contributed by atoms with Crippen LogP contribution in [0.15, 0.2) is 30.3 Å². The van der Waals surface area contributed by atoms with Crippen LogP contribution in [-0.4, -0.2) is 65.2 Å². The molecule has 0 aliphatic carbocycles. The molecule has 10 nitrogen and oxygen atoms in total. The lowest BCUT2D eigenvalue weighted by molar-refractivity contribution is -0.142. The average molecular weight is 380 g/mol. The van der Waals surface area contributed by atoms with Gasteiger partial charge in [0.05, 0.1) is 19.2 Å². The second kappa shape index (κ2) is 10.9. The predicted molar refractivity (Wildman–Crippen MR) is 95.4 cm³/mol. The molecule has 1 rings (SSSR count). The van der Waals surface area contributed by atoms with E-state index in [1.54, 1.807) is 24.3 Å². The molecular weight excluding hydrogens is 356 g/mol. The maximum atomic E-state index is 12.4. The number of nitrogens with two attached hydrogens (primary N) is 1. The van der Waals surface area contributed by atoms with Gasteiger partial charge in [-0.15, -0.1) is 0 Å². The zero-order chi connectivity index (χ0) is 20.4. The SMILES string of the molecule is CC(N)C(=O)NC(Cc1ccccc1)C(=O)NCC(=O)NC(CO)C(=O)O. The largest absolute Gasteiger partial charge is 0.480 e. The molecule has 0 heterocycles. The van der Waals surface area contributed by atoms with Crippen molar-refractivity contribution in [3.05, 3.63) is 35.9 Å². The van der Waals surface area contributed by atoms with E-state index in [-0.39, 0.29) is 6.42 Å². The molecule has 0 saturated heterocycles. The Morgan fingerprint density at radius 1 is 1.04 bits per heavy atom. The molecule has 0 bridgehead atoms. The highest BCUT2D eigenvalue weighted by atomic mass is 16.4. The summed E-state index contributed by atoms with van der Waals surface area (Å²) in [5, 5.41) is 24.6. The van der Waals surface area contributed by atoms with Crippen LogP contribution in [0.3, 0.4) is 0 Å². The van der Waals surface area contributed by atoms with E-state index >= 15 is 0 Å². The first-order chi connectivity index (χ1) is 12.7. The van der Waals surface area contributed by atoms with Crippen molar-refractivity contribution < 1.29 is 29.4 Å². The van der Waals surface area contributed by atoms with E-state index in [9.17, 15) is 19.2 Å². The number of benzene rings is 1. The zero-order valence-corrected chi connectivity index (χ0v) is 14.8. The van der Waals surface area contributed by atoms with Crippen molar-refractivity contribution >= 4 is 23.7 Å². The summed E-state index contributed by atoms with van der Waals surface area (Å²) in [5.41, 5.74) is 6.30. The third-order valence-corrected chi connectivity index (χ3v) is 3.57. The van der Waals surface area contributed by atoms with Crippen molar-refractivity contribution in [2.24, 2.45) is 5.73 Å². The van der Waals surface area contributed by atoms with Crippen molar-refractivity contribution in [1.82, 2.24) is 16.0 Å². The van der Waals surface area contributed by atoms with Crippen LogP contribution in [0.1, 0.15) is 12.5 Å². The lowest BCUT2D eigenvalue weighted by Crippen LogP contribution is -2.54. The number of nitrogens with one attached hydrogen (secondary N) is 3.